The molecule has 1 fully saturated rings. The molecule has 0 atom stereocenters. The summed E-state index contributed by atoms with van der Waals surface area (Å²) in [5.74, 6) is -0.812. The average molecular weight is 367 g/mol. The van der Waals surface area contributed by atoms with Crippen molar-refractivity contribution in [3.8, 4) is 0 Å². The van der Waals surface area contributed by atoms with E-state index in [0.29, 0.717) is 25.9 Å². The van der Waals surface area contributed by atoms with Crippen molar-refractivity contribution >= 4 is 31.6 Å². The van der Waals surface area contributed by atoms with Crippen molar-refractivity contribution in [2.24, 2.45) is 0 Å². The third-order valence-corrected chi connectivity index (χ3v) is 5.84. The second-order valence-corrected chi connectivity index (χ2v) is 7.41. The zero-order valence-corrected chi connectivity index (χ0v) is 13.4. The smallest absolute Gasteiger partial charge is 0.246 e. The maximum atomic E-state index is 14.0. The van der Waals surface area contributed by atoms with E-state index >= 15 is 0 Å². The molecule has 20 heavy (non-hydrogen) atoms. The topological polar surface area (TPSA) is 72.6 Å². The Kier molecular flexibility index (Phi) is 4.68. The van der Waals surface area contributed by atoms with Gasteiger partial charge in [0.2, 0.25) is 10.0 Å². The maximum Gasteiger partial charge on any atom is 0.246 e. The van der Waals surface area contributed by atoms with Gasteiger partial charge in [-0.3, -0.25) is 0 Å². The highest BCUT2D eigenvalue weighted by Gasteiger charge is 2.32. The molecule has 0 unspecified atom stereocenters. The zero-order valence-electron chi connectivity index (χ0n) is 11.0. The molecule has 0 saturated carbocycles. The Labute approximate surface area is 126 Å². The summed E-state index contributed by atoms with van der Waals surface area (Å²) >= 11 is 2.98. The molecule has 0 aliphatic carbocycles. The van der Waals surface area contributed by atoms with Crippen LogP contribution in [0.25, 0.3) is 0 Å². The minimum atomic E-state index is -3.88. The monoisotopic (exact) mass is 366 g/mol. The van der Waals surface area contributed by atoms with Gasteiger partial charge in [-0.15, -0.1) is 0 Å². The fourth-order valence-electron chi connectivity index (χ4n) is 2.22. The van der Waals surface area contributed by atoms with Crippen LogP contribution in [-0.2, 0) is 14.8 Å². The van der Waals surface area contributed by atoms with Crippen LogP contribution in [-0.4, -0.2) is 39.0 Å². The maximum absolute atomic E-state index is 14.0. The number of anilines is 1. The van der Waals surface area contributed by atoms with E-state index in [1.54, 1.807) is 7.11 Å². The Morgan fingerprint density at radius 2 is 2.00 bits per heavy atom. The fourth-order valence-corrected chi connectivity index (χ4v) is 4.42. The molecule has 8 heteroatoms. The number of nitrogens with zero attached hydrogens (tertiary/aromatic N) is 1. The molecular formula is C12H16BrFN2O3S. The molecule has 1 saturated heterocycles. The molecule has 2 N–H and O–H groups in total. The highest BCUT2D eigenvalue weighted by atomic mass is 79.9. The summed E-state index contributed by atoms with van der Waals surface area (Å²) in [4.78, 5) is -0.389. The van der Waals surface area contributed by atoms with E-state index in [4.69, 9.17) is 10.5 Å². The van der Waals surface area contributed by atoms with Gasteiger partial charge in [0.05, 0.1) is 10.6 Å². The summed E-state index contributed by atoms with van der Waals surface area (Å²) < 4.78 is 45.5. The molecule has 1 heterocycles. The Bertz CT molecular complexity index is 601. The molecule has 1 aliphatic rings. The first-order valence-electron chi connectivity index (χ1n) is 6.13. The van der Waals surface area contributed by atoms with Crippen LogP contribution >= 0.6 is 15.9 Å². The molecule has 0 aromatic heterocycles. The lowest BCUT2D eigenvalue weighted by Gasteiger charge is -2.30. The molecule has 5 nitrogen and oxygen atoms in total. The molecule has 0 amide bonds. The van der Waals surface area contributed by atoms with E-state index in [1.807, 2.05) is 0 Å². The van der Waals surface area contributed by atoms with E-state index in [2.05, 4.69) is 15.9 Å². The molecule has 1 aromatic carbocycles. The number of sulfonamides is 1. The number of methoxy groups -OCH3 is 1. The van der Waals surface area contributed by atoms with Gasteiger partial charge < -0.3 is 10.5 Å². The van der Waals surface area contributed by atoms with Gasteiger partial charge in [-0.2, -0.15) is 4.31 Å². The van der Waals surface area contributed by atoms with Crippen LogP contribution in [0.1, 0.15) is 12.8 Å². The molecule has 1 aromatic rings. The summed E-state index contributed by atoms with van der Waals surface area (Å²) in [5.41, 5.74) is 5.80. The van der Waals surface area contributed by atoms with Crippen molar-refractivity contribution in [2.45, 2.75) is 23.8 Å². The van der Waals surface area contributed by atoms with Gasteiger partial charge in [-0.1, -0.05) is 0 Å². The van der Waals surface area contributed by atoms with Crippen LogP contribution < -0.4 is 5.73 Å². The number of hydrogen-bond acceptors (Lipinski definition) is 4. The standard InChI is InChI=1S/C12H16BrFN2O3S/c1-19-9-2-4-16(5-3-9)20(17,18)11-7-8(15)6-10(13)12(11)14/h6-7,9H,2-5,15H2,1H3. The van der Waals surface area contributed by atoms with Crippen LogP contribution in [0.2, 0.25) is 0 Å². The molecule has 1 aliphatic heterocycles. The second-order valence-electron chi connectivity index (χ2n) is 4.65. The normalized spacial score (nSPS) is 18.4. The van der Waals surface area contributed by atoms with Gasteiger partial charge in [-0.25, -0.2) is 12.8 Å². The zero-order chi connectivity index (χ0) is 14.9. The van der Waals surface area contributed by atoms with Crippen molar-refractivity contribution in [1.82, 2.24) is 4.31 Å². The predicted molar refractivity (Wildman–Crippen MR) is 77.3 cm³/mol. The van der Waals surface area contributed by atoms with E-state index in [9.17, 15) is 12.8 Å². The third kappa shape index (κ3) is 2.98. The van der Waals surface area contributed by atoms with Gasteiger partial charge >= 0.3 is 0 Å². The Morgan fingerprint density at radius 3 is 2.55 bits per heavy atom. The molecule has 0 radical (unpaired) electrons. The highest BCUT2D eigenvalue weighted by Crippen LogP contribution is 2.29. The molecule has 112 valence electrons. The highest BCUT2D eigenvalue weighted by molar-refractivity contribution is 9.10. The van der Waals surface area contributed by atoms with Crippen LogP contribution in [0.5, 0.6) is 0 Å². The van der Waals surface area contributed by atoms with Crippen molar-refractivity contribution in [3.05, 3.63) is 22.4 Å². The summed E-state index contributed by atoms with van der Waals surface area (Å²) in [5, 5.41) is 0. The molecule has 0 bridgehead atoms. The van der Waals surface area contributed by atoms with Crippen molar-refractivity contribution < 1.29 is 17.5 Å². The molecular weight excluding hydrogens is 351 g/mol. The van der Waals surface area contributed by atoms with Gasteiger partial charge in [0, 0.05) is 25.9 Å². The van der Waals surface area contributed by atoms with Crippen molar-refractivity contribution in [3.63, 3.8) is 0 Å². The van der Waals surface area contributed by atoms with Crippen LogP contribution in [0.3, 0.4) is 0 Å². The average Bonchev–Trinajstić information content (AvgIpc) is 2.42. The molecule has 0 spiro atoms. The number of piperidine rings is 1. The van der Waals surface area contributed by atoms with Crippen LogP contribution in [0, 0.1) is 5.82 Å². The van der Waals surface area contributed by atoms with E-state index in [0.717, 1.165) is 6.07 Å². The fraction of sp³-hybridized carbons (Fsp3) is 0.500. The van der Waals surface area contributed by atoms with E-state index in [-0.39, 0.29) is 21.2 Å². The van der Waals surface area contributed by atoms with Gasteiger partial charge in [0.15, 0.2) is 5.82 Å². The first-order valence-corrected chi connectivity index (χ1v) is 8.37. The first kappa shape index (κ1) is 15.7. The minimum Gasteiger partial charge on any atom is -0.399 e. The lowest BCUT2D eigenvalue weighted by atomic mass is 10.1. The largest absolute Gasteiger partial charge is 0.399 e. The minimum absolute atomic E-state index is 0.0443. The van der Waals surface area contributed by atoms with E-state index in [1.165, 1.54) is 10.4 Å². The van der Waals surface area contributed by atoms with Gasteiger partial charge in [0.25, 0.3) is 0 Å². The van der Waals surface area contributed by atoms with Gasteiger partial charge in [0.1, 0.15) is 4.90 Å². The first-order chi connectivity index (χ1) is 9.36. The van der Waals surface area contributed by atoms with Crippen LogP contribution in [0.4, 0.5) is 10.1 Å². The van der Waals surface area contributed by atoms with Crippen LogP contribution in [0.15, 0.2) is 21.5 Å². The summed E-state index contributed by atoms with van der Waals surface area (Å²) in [7, 11) is -2.28. The number of benzene rings is 1. The van der Waals surface area contributed by atoms with Crippen molar-refractivity contribution in [2.75, 3.05) is 25.9 Å². The quantitative estimate of drug-likeness (QED) is 0.830. The SMILES string of the molecule is COC1CCN(S(=O)(=O)c2cc(N)cc(Br)c2F)CC1. The number of nitrogen functional groups attached to an aromatic ring is 1. The predicted octanol–water partition coefficient (Wildman–Crippen LogP) is 1.97. The number of rotatable bonds is 3. The second kappa shape index (κ2) is 5.97. The van der Waals surface area contributed by atoms with Gasteiger partial charge in [-0.05, 0) is 40.9 Å². The summed E-state index contributed by atoms with van der Waals surface area (Å²) in [6.07, 6.45) is 1.25. The van der Waals surface area contributed by atoms with E-state index < -0.39 is 15.8 Å². The Balaban J connectivity index is 2.32. The Hall–Kier alpha value is -0.700. The lowest BCUT2D eigenvalue weighted by molar-refractivity contribution is 0.0604. The number of ether oxygens (including phenoxy) is 1. The number of hydrogen-bond donors (Lipinski definition) is 1. The number of nitrogens with two attached hydrogens (primary N) is 1. The Morgan fingerprint density at radius 1 is 1.40 bits per heavy atom. The van der Waals surface area contributed by atoms with Crippen molar-refractivity contribution in [1.29, 1.82) is 0 Å². The third-order valence-electron chi connectivity index (χ3n) is 3.37. The number of halogens is 2. The molecule has 2 rings (SSSR count). The lowest BCUT2D eigenvalue weighted by Crippen LogP contribution is -2.40. The summed E-state index contributed by atoms with van der Waals surface area (Å²) in [6, 6.07) is 2.49. The summed E-state index contributed by atoms with van der Waals surface area (Å²) in [6.45, 7) is 0.624.